The first-order valence-electron chi connectivity index (χ1n) is 8.82. The van der Waals surface area contributed by atoms with Gasteiger partial charge in [-0.05, 0) is 49.2 Å². The van der Waals surface area contributed by atoms with Gasteiger partial charge < -0.3 is 5.32 Å². The summed E-state index contributed by atoms with van der Waals surface area (Å²) < 4.78 is 25.3. The van der Waals surface area contributed by atoms with Gasteiger partial charge in [0.1, 0.15) is 6.54 Å². The van der Waals surface area contributed by atoms with Crippen LogP contribution >= 0.6 is 0 Å². The van der Waals surface area contributed by atoms with Crippen molar-refractivity contribution in [2.75, 3.05) is 22.4 Å². The second-order valence-electron chi connectivity index (χ2n) is 6.60. The normalized spacial score (nSPS) is 11.7. The van der Waals surface area contributed by atoms with Gasteiger partial charge >= 0.3 is 0 Å². The monoisotopic (exact) mass is 416 g/mol. The molecule has 2 amide bonds. The summed E-state index contributed by atoms with van der Waals surface area (Å²) in [4.78, 5) is 23.4. The molecular weight excluding hydrogens is 392 g/mol. The lowest BCUT2D eigenvalue weighted by Crippen LogP contribution is -2.39. The highest BCUT2D eigenvalue weighted by Crippen LogP contribution is 2.18. The molecule has 0 aliphatic carbocycles. The van der Waals surface area contributed by atoms with Gasteiger partial charge in [-0.3, -0.25) is 13.9 Å². The molecule has 0 heterocycles. The van der Waals surface area contributed by atoms with Crippen LogP contribution in [0.2, 0.25) is 0 Å². The number of aryl methyl sites for hydroxylation is 1. The van der Waals surface area contributed by atoms with E-state index < -0.39 is 15.9 Å². The van der Waals surface area contributed by atoms with Crippen LogP contribution < -0.4 is 15.0 Å². The molecular formula is C20H24N4O4S. The third-order valence-electron chi connectivity index (χ3n) is 3.95. The molecule has 0 saturated heterocycles. The van der Waals surface area contributed by atoms with Gasteiger partial charge in [-0.25, -0.2) is 13.8 Å². The zero-order valence-corrected chi connectivity index (χ0v) is 17.6. The first-order chi connectivity index (χ1) is 13.6. The van der Waals surface area contributed by atoms with E-state index in [1.165, 1.54) is 6.92 Å². The number of nitrogens with one attached hydrogen (secondary N) is 2. The lowest BCUT2D eigenvalue weighted by molar-refractivity contribution is -0.119. The van der Waals surface area contributed by atoms with E-state index in [1.807, 2.05) is 13.0 Å². The van der Waals surface area contributed by atoms with Gasteiger partial charge in [-0.1, -0.05) is 24.3 Å². The van der Waals surface area contributed by atoms with E-state index in [2.05, 4.69) is 15.8 Å². The third kappa shape index (κ3) is 6.72. The van der Waals surface area contributed by atoms with Crippen molar-refractivity contribution >= 4 is 38.9 Å². The van der Waals surface area contributed by atoms with Crippen molar-refractivity contribution in [3.63, 3.8) is 0 Å². The maximum absolute atomic E-state index is 12.3. The van der Waals surface area contributed by atoms with E-state index >= 15 is 0 Å². The van der Waals surface area contributed by atoms with Crippen LogP contribution in [0.15, 0.2) is 53.6 Å². The Balaban J connectivity index is 2.08. The highest BCUT2D eigenvalue weighted by molar-refractivity contribution is 7.92. The molecule has 9 heteroatoms. The summed E-state index contributed by atoms with van der Waals surface area (Å²) in [5.41, 5.74) is 5.62. The van der Waals surface area contributed by atoms with Crippen LogP contribution in [0.4, 0.5) is 11.4 Å². The predicted octanol–water partition coefficient (Wildman–Crippen LogP) is 2.26. The first-order valence-corrected chi connectivity index (χ1v) is 10.7. The highest BCUT2D eigenvalue weighted by Gasteiger charge is 2.20. The quantitative estimate of drug-likeness (QED) is 0.533. The molecule has 0 bridgehead atoms. The van der Waals surface area contributed by atoms with Crippen molar-refractivity contribution in [1.29, 1.82) is 0 Å². The van der Waals surface area contributed by atoms with Crippen LogP contribution in [0.5, 0.6) is 0 Å². The molecule has 2 rings (SSSR count). The SMILES string of the molecule is CC(=O)Nc1ccc(/C(C)=N\NC(=O)CN(c2cccc(C)c2)S(C)(=O)=O)cc1. The Morgan fingerprint density at radius 2 is 1.72 bits per heavy atom. The van der Waals surface area contributed by atoms with Gasteiger partial charge in [-0.15, -0.1) is 0 Å². The van der Waals surface area contributed by atoms with Gasteiger partial charge in [0, 0.05) is 12.6 Å². The van der Waals surface area contributed by atoms with E-state index in [0.717, 1.165) is 21.7 Å². The maximum Gasteiger partial charge on any atom is 0.260 e. The van der Waals surface area contributed by atoms with Crippen LogP contribution in [0.3, 0.4) is 0 Å². The van der Waals surface area contributed by atoms with Crippen molar-refractivity contribution in [2.24, 2.45) is 5.10 Å². The average molecular weight is 417 g/mol. The Morgan fingerprint density at radius 1 is 1.07 bits per heavy atom. The summed E-state index contributed by atoms with van der Waals surface area (Å²) in [6, 6.07) is 13.9. The first kappa shape index (κ1) is 22.1. The fourth-order valence-electron chi connectivity index (χ4n) is 2.56. The van der Waals surface area contributed by atoms with E-state index in [-0.39, 0.29) is 12.5 Å². The maximum atomic E-state index is 12.3. The van der Waals surface area contributed by atoms with Crippen LogP contribution in [0, 0.1) is 6.92 Å². The molecule has 0 spiro atoms. The number of carbonyl (C=O) groups is 2. The number of hydrogen-bond acceptors (Lipinski definition) is 5. The third-order valence-corrected chi connectivity index (χ3v) is 5.09. The Morgan fingerprint density at radius 3 is 2.28 bits per heavy atom. The van der Waals surface area contributed by atoms with Crippen molar-refractivity contribution in [3.8, 4) is 0 Å². The molecule has 0 unspecified atom stereocenters. The number of hydrazone groups is 1. The Labute approximate surface area is 170 Å². The molecule has 0 aliphatic rings. The van der Waals surface area contributed by atoms with E-state index in [9.17, 15) is 18.0 Å². The van der Waals surface area contributed by atoms with E-state index in [1.54, 1.807) is 49.4 Å². The van der Waals surface area contributed by atoms with Crippen LogP contribution in [-0.2, 0) is 19.6 Å². The lowest BCUT2D eigenvalue weighted by atomic mass is 10.1. The van der Waals surface area contributed by atoms with Crippen molar-refractivity contribution in [3.05, 3.63) is 59.7 Å². The summed E-state index contributed by atoms with van der Waals surface area (Å²) in [6.07, 6.45) is 1.05. The molecule has 0 fully saturated rings. The number of sulfonamides is 1. The van der Waals surface area contributed by atoms with E-state index in [4.69, 9.17) is 0 Å². The fraction of sp³-hybridized carbons (Fsp3) is 0.250. The van der Waals surface area contributed by atoms with Gasteiger partial charge in [0.25, 0.3) is 5.91 Å². The number of rotatable bonds is 7. The second-order valence-corrected chi connectivity index (χ2v) is 8.51. The minimum atomic E-state index is -3.65. The number of anilines is 2. The molecule has 0 radical (unpaired) electrons. The molecule has 29 heavy (non-hydrogen) atoms. The Bertz CT molecular complexity index is 1030. The highest BCUT2D eigenvalue weighted by atomic mass is 32.2. The number of hydrogen-bond donors (Lipinski definition) is 2. The number of benzene rings is 2. The number of amides is 2. The minimum Gasteiger partial charge on any atom is -0.326 e. The molecule has 0 aromatic heterocycles. The van der Waals surface area contributed by atoms with Gasteiger partial charge in [0.2, 0.25) is 15.9 Å². The minimum absolute atomic E-state index is 0.167. The van der Waals surface area contributed by atoms with Crippen molar-refractivity contribution in [1.82, 2.24) is 5.43 Å². The number of carbonyl (C=O) groups excluding carboxylic acids is 2. The van der Waals surface area contributed by atoms with Gasteiger partial charge in [-0.2, -0.15) is 5.10 Å². The Hall–Kier alpha value is -3.20. The summed E-state index contributed by atoms with van der Waals surface area (Å²) in [5, 5.41) is 6.70. The zero-order chi connectivity index (χ0) is 21.6. The molecule has 2 aromatic rings. The smallest absolute Gasteiger partial charge is 0.260 e. The standard InChI is InChI=1S/C20H24N4O4S/c1-14-6-5-7-19(12-14)24(29(4,27)28)13-20(26)23-22-15(2)17-8-10-18(11-9-17)21-16(3)25/h5-12H,13H2,1-4H3,(H,21,25)(H,23,26)/b22-15-. The van der Waals surface area contributed by atoms with E-state index in [0.29, 0.717) is 17.1 Å². The lowest BCUT2D eigenvalue weighted by Gasteiger charge is -2.21. The molecule has 8 nitrogen and oxygen atoms in total. The number of nitrogens with zero attached hydrogens (tertiary/aromatic N) is 2. The fourth-order valence-corrected chi connectivity index (χ4v) is 3.41. The molecule has 2 aromatic carbocycles. The summed E-state index contributed by atoms with van der Waals surface area (Å²) >= 11 is 0. The second kappa shape index (κ2) is 9.33. The van der Waals surface area contributed by atoms with Crippen LogP contribution in [-0.4, -0.2) is 38.7 Å². The van der Waals surface area contributed by atoms with Gasteiger partial charge in [0.05, 0.1) is 17.7 Å². The van der Waals surface area contributed by atoms with Crippen LogP contribution in [0.1, 0.15) is 25.0 Å². The zero-order valence-electron chi connectivity index (χ0n) is 16.8. The van der Waals surface area contributed by atoms with Crippen molar-refractivity contribution < 1.29 is 18.0 Å². The molecule has 0 saturated carbocycles. The average Bonchev–Trinajstić information content (AvgIpc) is 2.63. The largest absolute Gasteiger partial charge is 0.326 e. The topological polar surface area (TPSA) is 108 Å². The molecule has 0 aliphatic heterocycles. The summed E-state index contributed by atoms with van der Waals surface area (Å²) in [6.45, 7) is 4.59. The molecule has 2 N–H and O–H groups in total. The molecule has 0 atom stereocenters. The summed E-state index contributed by atoms with van der Waals surface area (Å²) in [7, 11) is -3.65. The van der Waals surface area contributed by atoms with Crippen LogP contribution in [0.25, 0.3) is 0 Å². The predicted molar refractivity (Wildman–Crippen MR) is 114 cm³/mol. The van der Waals surface area contributed by atoms with Crippen molar-refractivity contribution in [2.45, 2.75) is 20.8 Å². The summed E-state index contributed by atoms with van der Waals surface area (Å²) in [5.74, 6) is -0.731. The Kier molecular flexibility index (Phi) is 7.11. The van der Waals surface area contributed by atoms with Gasteiger partial charge in [0.15, 0.2) is 0 Å². The molecule has 154 valence electrons.